The Morgan fingerprint density at radius 1 is 1.28 bits per heavy atom. The van der Waals surface area contributed by atoms with Crippen molar-refractivity contribution in [1.29, 1.82) is 0 Å². The van der Waals surface area contributed by atoms with Gasteiger partial charge in [0, 0.05) is 49.2 Å². The van der Waals surface area contributed by atoms with Gasteiger partial charge in [0.2, 0.25) is 11.8 Å². The molecule has 2 unspecified atom stereocenters. The largest absolute Gasteiger partial charge is 0.481 e. The van der Waals surface area contributed by atoms with E-state index in [0.717, 1.165) is 13.2 Å². The molecule has 5 rings (SSSR count). The molecule has 1 fully saturated rings. The van der Waals surface area contributed by atoms with Crippen LogP contribution >= 0.6 is 0 Å². The summed E-state index contributed by atoms with van der Waals surface area (Å²) in [6.07, 6.45) is -2.35. The Labute approximate surface area is 203 Å². The van der Waals surface area contributed by atoms with Crippen LogP contribution in [0.4, 0.5) is 18.9 Å². The van der Waals surface area contributed by atoms with Crippen LogP contribution in [-0.4, -0.2) is 63.9 Å². The molecule has 0 radical (unpaired) electrons. The van der Waals surface area contributed by atoms with Gasteiger partial charge in [-0.1, -0.05) is 0 Å². The molecule has 36 heavy (non-hydrogen) atoms. The number of pyridine rings is 2. The van der Waals surface area contributed by atoms with Crippen LogP contribution in [0.3, 0.4) is 0 Å². The number of fused-ring (bicyclic) bond motifs is 1. The van der Waals surface area contributed by atoms with Crippen LogP contribution in [0.5, 0.6) is 5.88 Å². The molecule has 0 spiro atoms. The van der Waals surface area contributed by atoms with Gasteiger partial charge in [-0.15, -0.1) is 10.2 Å². The maximum absolute atomic E-state index is 13.6. The van der Waals surface area contributed by atoms with E-state index in [1.165, 1.54) is 12.4 Å². The number of aryl methyl sites for hydroxylation is 1. The molecule has 14 heteroatoms. The lowest BCUT2D eigenvalue weighted by molar-refractivity contribution is -0.139. The summed E-state index contributed by atoms with van der Waals surface area (Å²) in [5.41, 5.74) is 0.651. The number of hydrogen-bond acceptors (Lipinski definition) is 10. The average Bonchev–Trinajstić information content (AvgIpc) is 3.51. The van der Waals surface area contributed by atoms with Crippen molar-refractivity contribution in [2.24, 2.45) is 0 Å². The highest BCUT2D eigenvalue weighted by atomic mass is 19.4. The van der Waals surface area contributed by atoms with Crippen molar-refractivity contribution in [1.82, 2.24) is 30.4 Å². The molecule has 0 aliphatic carbocycles. The normalized spacial score (nSPS) is 19.6. The maximum Gasteiger partial charge on any atom is 0.421 e. The molecule has 1 amide bonds. The predicted octanol–water partition coefficient (Wildman–Crippen LogP) is 2.76. The molecular formula is C22H22F3N7O4. The van der Waals surface area contributed by atoms with E-state index < -0.39 is 23.8 Å². The standard InChI is InChI=1S/C22H22F3N7O4/c1-11-30-31-20(35-11)21(33)32-6-4-13(9-32)36-19-16-15(28-10-29-19)3-5-26-17(16)12-7-14(22(23,24)25)18(34-2)27-8-12/h3,5,7-8,13,19,28-29H,4,6,9-10H2,1-2H3. The van der Waals surface area contributed by atoms with Gasteiger partial charge in [0.25, 0.3) is 0 Å². The number of methoxy groups -OCH3 is 1. The number of nitrogens with zero attached hydrogens (tertiary/aromatic N) is 5. The molecule has 1 saturated heterocycles. The summed E-state index contributed by atoms with van der Waals surface area (Å²) in [4.78, 5) is 22.4. The summed E-state index contributed by atoms with van der Waals surface area (Å²) in [5, 5.41) is 13.8. The SMILES string of the molecule is COc1ncc(-c2nccc3c2C(OC2CCN(C(=O)c4nnc(C)o4)C2)NCN3)cc1C(F)(F)F. The molecule has 2 aliphatic heterocycles. The predicted molar refractivity (Wildman–Crippen MR) is 118 cm³/mol. The molecule has 0 aromatic carbocycles. The molecule has 2 N–H and O–H groups in total. The van der Waals surface area contributed by atoms with Gasteiger partial charge >= 0.3 is 18.0 Å². The summed E-state index contributed by atoms with van der Waals surface area (Å²) in [7, 11) is 1.13. The smallest absolute Gasteiger partial charge is 0.421 e. The van der Waals surface area contributed by atoms with Crippen LogP contribution in [-0.2, 0) is 10.9 Å². The van der Waals surface area contributed by atoms with Crippen molar-refractivity contribution in [3.63, 3.8) is 0 Å². The van der Waals surface area contributed by atoms with Crippen molar-refractivity contribution in [2.45, 2.75) is 31.9 Å². The van der Waals surface area contributed by atoms with Crippen molar-refractivity contribution in [3.05, 3.63) is 47.4 Å². The second kappa shape index (κ2) is 9.35. The van der Waals surface area contributed by atoms with Gasteiger partial charge in [0.15, 0.2) is 0 Å². The Morgan fingerprint density at radius 3 is 2.83 bits per heavy atom. The monoisotopic (exact) mass is 505 g/mol. The van der Waals surface area contributed by atoms with E-state index in [2.05, 4.69) is 30.8 Å². The number of likely N-dealkylation sites (tertiary alicyclic amines) is 1. The quantitative estimate of drug-likeness (QED) is 0.534. The second-order valence-electron chi connectivity index (χ2n) is 8.26. The summed E-state index contributed by atoms with van der Waals surface area (Å²) in [6.45, 7) is 2.69. The lowest BCUT2D eigenvalue weighted by Crippen LogP contribution is -2.38. The van der Waals surface area contributed by atoms with Crippen LogP contribution in [0, 0.1) is 6.92 Å². The fraction of sp³-hybridized carbons (Fsp3) is 0.409. The first kappa shape index (κ1) is 23.9. The summed E-state index contributed by atoms with van der Waals surface area (Å²) >= 11 is 0. The number of ether oxygens (including phenoxy) is 2. The van der Waals surface area contributed by atoms with E-state index in [0.29, 0.717) is 43.3 Å². The highest BCUT2D eigenvalue weighted by molar-refractivity contribution is 5.89. The number of carbonyl (C=O) groups excluding carboxylic acids is 1. The molecule has 0 saturated carbocycles. The van der Waals surface area contributed by atoms with Crippen molar-refractivity contribution < 1.29 is 31.9 Å². The molecule has 2 aliphatic rings. The van der Waals surface area contributed by atoms with Gasteiger partial charge in [0.05, 0.1) is 25.6 Å². The van der Waals surface area contributed by atoms with Crippen LogP contribution in [0.2, 0.25) is 0 Å². The maximum atomic E-state index is 13.6. The zero-order chi connectivity index (χ0) is 25.4. The van der Waals surface area contributed by atoms with Crippen LogP contribution < -0.4 is 15.4 Å². The number of halogens is 3. The second-order valence-corrected chi connectivity index (χ2v) is 8.26. The summed E-state index contributed by atoms with van der Waals surface area (Å²) in [5.74, 6) is -0.695. The van der Waals surface area contributed by atoms with Gasteiger partial charge in [-0.3, -0.25) is 15.1 Å². The molecule has 5 heterocycles. The lowest BCUT2D eigenvalue weighted by atomic mass is 10.0. The van der Waals surface area contributed by atoms with Gasteiger partial charge < -0.3 is 24.1 Å². The number of aromatic nitrogens is 4. The summed E-state index contributed by atoms with van der Waals surface area (Å²) < 4.78 is 57.1. The van der Waals surface area contributed by atoms with E-state index in [9.17, 15) is 18.0 Å². The number of amides is 1. The highest BCUT2D eigenvalue weighted by Gasteiger charge is 2.37. The zero-order valence-electron chi connectivity index (χ0n) is 19.3. The van der Waals surface area contributed by atoms with Gasteiger partial charge in [-0.25, -0.2) is 4.98 Å². The first-order chi connectivity index (χ1) is 17.2. The third-order valence-corrected chi connectivity index (χ3v) is 5.91. The molecular weight excluding hydrogens is 483 g/mol. The number of alkyl halides is 3. The number of hydrogen-bond donors (Lipinski definition) is 2. The number of anilines is 1. The van der Waals surface area contributed by atoms with Gasteiger partial charge in [0.1, 0.15) is 11.8 Å². The van der Waals surface area contributed by atoms with E-state index in [1.807, 2.05) is 0 Å². The van der Waals surface area contributed by atoms with E-state index >= 15 is 0 Å². The average molecular weight is 505 g/mol. The molecule has 190 valence electrons. The van der Waals surface area contributed by atoms with Crippen LogP contribution in [0.1, 0.15) is 40.4 Å². The van der Waals surface area contributed by atoms with Crippen molar-refractivity contribution in [2.75, 3.05) is 32.2 Å². The fourth-order valence-electron chi connectivity index (χ4n) is 4.26. The lowest BCUT2D eigenvalue weighted by Gasteiger charge is -2.31. The van der Waals surface area contributed by atoms with Crippen molar-refractivity contribution >= 4 is 11.6 Å². The molecule has 2 atom stereocenters. The van der Waals surface area contributed by atoms with E-state index in [4.69, 9.17) is 13.9 Å². The molecule has 11 nitrogen and oxygen atoms in total. The number of rotatable bonds is 5. The Balaban J connectivity index is 1.40. The summed E-state index contributed by atoms with van der Waals surface area (Å²) in [6, 6.07) is 2.68. The van der Waals surface area contributed by atoms with Gasteiger partial charge in [-0.05, 0) is 18.6 Å². The first-order valence-corrected chi connectivity index (χ1v) is 11.1. The Morgan fingerprint density at radius 2 is 2.11 bits per heavy atom. The molecule has 0 bridgehead atoms. The highest BCUT2D eigenvalue weighted by Crippen LogP contribution is 2.40. The minimum Gasteiger partial charge on any atom is -0.481 e. The fourth-order valence-corrected chi connectivity index (χ4v) is 4.26. The van der Waals surface area contributed by atoms with E-state index in [-0.39, 0.29) is 29.2 Å². The number of nitrogens with one attached hydrogen (secondary N) is 2. The van der Waals surface area contributed by atoms with Gasteiger partial charge in [-0.2, -0.15) is 13.2 Å². The number of carbonyl (C=O) groups is 1. The minimum atomic E-state index is -4.66. The van der Waals surface area contributed by atoms with Crippen LogP contribution in [0.15, 0.2) is 28.9 Å². The first-order valence-electron chi connectivity index (χ1n) is 11.1. The molecule has 3 aromatic rings. The third-order valence-electron chi connectivity index (χ3n) is 5.91. The topological polar surface area (TPSA) is 128 Å². The van der Waals surface area contributed by atoms with E-state index in [1.54, 1.807) is 17.9 Å². The third kappa shape index (κ3) is 4.56. The Hall–Kier alpha value is -3.78. The molecule has 3 aromatic heterocycles. The zero-order valence-corrected chi connectivity index (χ0v) is 19.3. The van der Waals surface area contributed by atoms with Crippen LogP contribution in [0.25, 0.3) is 11.3 Å². The van der Waals surface area contributed by atoms with Crippen molar-refractivity contribution in [3.8, 4) is 17.1 Å². The minimum absolute atomic E-state index is 0.0857. The Kier molecular flexibility index (Phi) is 6.22. The Bertz CT molecular complexity index is 1280.